The zero-order valence-electron chi connectivity index (χ0n) is 11.3. The number of aliphatic hydroxyl groups is 2. The molecule has 0 bridgehead atoms. The van der Waals surface area contributed by atoms with E-state index in [1.54, 1.807) is 27.7 Å². The van der Waals surface area contributed by atoms with Crippen LogP contribution in [0.5, 0.6) is 0 Å². The Labute approximate surface area is 107 Å². The van der Waals surface area contributed by atoms with Gasteiger partial charge in [-0.15, -0.1) is 0 Å². The van der Waals surface area contributed by atoms with Gasteiger partial charge in [0.2, 0.25) is 0 Å². The lowest BCUT2D eigenvalue weighted by Crippen LogP contribution is -2.45. The molecule has 18 heavy (non-hydrogen) atoms. The Bertz CT molecular complexity index is 303. The minimum absolute atomic E-state index is 0.206. The zero-order chi connectivity index (χ0) is 13.6. The normalized spacial score (nSPS) is 40.0. The van der Waals surface area contributed by atoms with E-state index in [2.05, 4.69) is 0 Å². The van der Waals surface area contributed by atoms with Crippen LogP contribution < -0.4 is 0 Å². The molecule has 0 saturated carbocycles. The predicted molar refractivity (Wildman–Crippen MR) is 61.8 cm³/mol. The van der Waals surface area contributed by atoms with Crippen LogP contribution in [0.15, 0.2) is 0 Å². The molecule has 0 spiro atoms. The van der Waals surface area contributed by atoms with Crippen molar-refractivity contribution in [1.29, 1.82) is 0 Å². The Kier molecular flexibility index (Phi) is 3.70. The fourth-order valence-corrected chi connectivity index (χ4v) is 2.39. The van der Waals surface area contributed by atoms with Crippen LogP contribution in [-0.4, -0.2) is 59.4 Å². The quantitative estimate of drug-likeness (QED) is 0.746. The van der Waals surface area contributed by atoms with Gasteiger partial charge in [0.1, 0.15) is 24.4 Å². The molecule has 0 aromatic heterocycles. The Morgan fingerprint density at radius 3 is 2.28 bits per heavy atom. The third-order valence-electron chi connectivity index (χ3n) is 3.15. The fraction of sp³-hybridized carbons (Fsp3) is 1.00. The number of ether oxygens (including phenoxy) is 4. The maximum atomic E-state index is 10.3. The van der Waals surface area contributed by atoms with Crippen molar-refractivity contribution >= 4 is 0 Å². The lowest BCUT2D eigenvalue weighted by Gasteiger charge is -2.26. The van der Waals surface area contributed by atoms with Crippen molar-refractivity contribution < 1.29 is 29.2 Å². The highest BCUT2D eigenvalue weighted by Gasteiger charge is 2.49. The van der Waals surface area contributed by atoms with Gasteiger partial charge in [-0.2, -0.15) is 0 Å². The molecule has 2 heterocycles. The fourth-order valence-electron chi connectivity index (χ4n) is 2.39. The van der Waals surface area contributed by atoms with Crippen LogP contribution in [0, 0.1) is 0 Å². The molecule has 4 atom stereocenters. The number of hydrogen-bond donors (Lipinski definition) is 2. The first-order valence-corrected chi connectivity index (χ1v) is 6.20. The number of hydrogen-bond acceptors (Lipinski definition) is 6. The second-order valence-electron chi connectivity index (χ2n) is 5.68. The van der Waals surface area contributed by atoms with Crippen LogP contribution in [0.25, 0.3) is 0 Å². The summed E-state index contributed by atoms with van der Waals surface area (Å²) in [5.74, 6) is -1.51. The highest BCUT2D eigenvalue weighted by atomic mass is 16.8. The van der Waals surface area contributed by atoms with Crippen molar-refractivity contribution in [3.8, 4) is 0 Å². The zero-order valence-corrected chi connectivity index (χ0v) is 11.3. The molecule has 0 amide bonds. The molecule has 2 aliphatic rings. The monoisotopic (exact) mass is 262 g/mol. The van der Waals surface area contributed by atoms with Crippen LogP contribution in [0.2, 0.25) is 0 Å². The van der Waals surface area contributed by atoms with Crippen molar-refractivity contribution in [2.24, 2.45) is 0 Å². The van der Waals surface area contributed by atoms with Crippen molar-refractivity contribution in [2.45, 2.75) is 63.7 Å². The van der Waals surface area contributed by atoms with Gasteiger partial charge in [-0.25, -0.2) is 0 Å². The van der Waals surface area contributed by atoms with Crippen molar-refractivity contribution in [2.75, 3.05) is 13.2 Å². The molecule has 6 heteroatoms. The van der Waals surface area contributed by atoms with E-state index < -0.39 is 36.0 Å². The van der Waals surface area contributed by atoms with E-state index >= 15 is 0 Å². The van der Waals surface area contributed by atoms with E-state index in [9.17, 15) is 10.2 Å². The largest absolute Gasteiger partial charge is 0.394 e. The van der Waals surface area contributed by atoms with Gasteiger partial charge < -0.3 is 29.2 Å². The molecular formula is C12H22O6. The van der Waals surface area contributed by atoms with E-state index in [4.69, 9.17) is 18.9 Å². The second kappa shape index (κ2) is 4.70. The highest BCUT2D eigenvalue weighted by Crippen LogP contribution is 2.33. The Hall–Kier alpha value is -0.240. The van der Waals surface area contributed by atoms with Crippen LogP contribution in [0.4, 0.5) is 0 Å². The summed E-state index contributed by atoms with van der Waals surface area (Å²) in [6, 6.07) is 0. The van der Waals surface area contributed by atoms with Gasteiger partial charge in [0.05, 0.1) is 13.2 Å². The summed E-state index contributed by atoms with van der Waals surface area (Å²) in [5, 5.41) is 19.6. The SMILES string of the molecule is CC1(C)OCC([C@@H](O)[C@H]2OC(C)(C)OC2CO)O1. The minimum atomic E-state index is -0.898. The predicted octanol–water partition coefficient (Wildman–Crippen LogP) is 0.0112. The molecule has 2 fully saturated rings. The van der Waals surface area contributed by atoms with E-state index in [1.807, 2.05) is 0 Å². The lowest BCUT2D eigenvalue weighted by atomic mass is 10.0. The lowest BCUT2D eigenvalue weighted by molar-refractivity contribution is -0.178. The minimum Gasteiger partial charge on any atom is -0.394 e. The Balaban J connectivity index is 2.02. The Morgan fingerprint density at radius 1 is 1.11 bits per heavy atom. The molecule has 2 aliphatic heterocycles. The first-order valence-electron chi connectivity index (χ1n) is 6.20. The molecule has 6 nitrogen and oxygen atoms in total. The average Bonchev–Trinajstić information content (AvgIpc) is 2.77. The van der Waals surface area contributed by atoms with Gasteiger partial charge in [-0.3, -0.25) is 0 Å². The molecule has 0 radical (unpaired) electrons. The van der Waals surface area contributed by atoms with Crippen molar-refractivity contribution in [1.82, 2.24) is 0 Å². The number of rotatable bonds is 3. The molecule has 2 saturated heterocycles. The van der Waals surface area contributed by atoms with Gasteiger partial charge in [-0.1, -0.05) is 0 Å². The summed E-state index contributed by atoms with van der Waals surface area (Å²) in [7, 11) is 0. The highest BCUT2D eigenvalue weighted by molar-refractivity contribution is 4.91. The third kappa shape index (κ3) is 2.84. The van der Waals surface area contributed by atoms with Crippen LogP contribution in [0.1, 0.15) is 27.7 Å². The molecule has 106 valence electrons. The molecule has 2 unspecified atom stereocenters. The van der Waals surface area contributed by atoms with E-state index in [0.29, 0.717) is 6.61 Å². The standard InChI is InChI=1S/C12H22O6/c1-11(2)15-6-8(17-11)9(14)10-7(5-13)16-12(3,4)18-10/h7-10,13-14H,5-6H2,1-4H3/t7?,8?,9-,10+/m1/s1. The molecule has 0 aromatic rings. The first kappa shape index (κ1) is 14.2. The molecule has 0 aliphatic carbocycles. The van der Waals surface area contributed by atoms with E-state index in [0.717, 1.165) is 0 Å². The summed E-state index contributed by atoms with van der Waals surface area (Å²) < 4.78 is 22.1. The van der Waals surface area contributed by atoms with Gasteiger partial charge in [0, 0.05) is 0 Å². The Morgan fingerprint density at radius 2 is 1.78 bits per heavy atom. The second-order valence-corrected chi connectivity index (χ2v) is 5.68. The van der Waals surface area contributed by atoms with Crippen LogP contribution >= 0.6 is 0 Å². The summed E-state index contributed by atoms with van der Waals surface area (Å²) in [5.41, 5.74) is 0. The van der Waals surface area contributed by atoms with E-state index in [1.165, 1.54) is 0 Å². The van der Waals surface area contributed by atoms with Gasteiger partial charge in [0.15, 0.2) is 11.6 Å². The molecule has 2 N–H and O–H groups in total. The van der Waals surface area contributed by atoms with Crippen molar-refractivity contribution in [3.05, 3.63) is 0 Å². The summed E-state index contributed by atoms with van der Waals surface area (Å²) in [4.78, 5) is 0. The van der Waals surface area contributed by atoms with Gasteiger partial charge in [0.25, 0.3) is 0 Å². The van der Waals surface area contributed by atoms with Crippen LogP contribution in [-0.2, 0) is 18.9 Å². The summed E-state index contributed by atoms with van der Waals surface area (Å²) >= 11 is 0. The van der Waals surface area contributed by atoms with E-state index in [-0.39, 0.29) is 6.61 Å². The molecule has 0 aromatic carbocycles. The molecular weight excluding hydrogens is 240 g/mol. The van der Waals surface area contributed by atoms with Crippen molar-refractivity contribution in [3.63, 3.8) is 0 Å². The third-order valence-corrected chi connectivity index (χ3v) is 3.15. The first-order chi connectivity index (χ1) is 8.24. The summed E-state index contributed by atoms with van der Waals surface area (Å²) in [6.07, 6.45) is -2.54. The smallest absolute Gasteiger partial charge is 0.164 e. The van der Waals surface area contributed by atoms with Gasteiger partial charge in [-0.05, 0) is 27.7 Å². The maximum Gasteiger partial charge on any atom is 0.164 e. The molecule has 2 rings (SSSR count). The summed E-state index contributed by atoms with van der Waals surface area (Å²) in [6.45, 7) is 7.17. The number of aliphatic hydroxyl groups excluding tert-OH is 2. The van der Waals surface area contributed by atoms with Crippen LogP contribution in [0.3, 0.4) is 0 Å². The average molecular weight is 262 g/mol. The maximum absolute atomic E-state index is 10.3. The van der Waals surface area contributed by atoms with Gasteiger partial charge >= 0.3 is 0 Å². The topological polar surface area (TPSA) is 77.4 Å².